The van der Waals surface area contributed by atoms with Gasteiger partial charge in [0.25, 0.3) is 0 Å². The Kier molecular flexibility index (Phi) is 5.61. The molecule has 1 aromatic heterocycles. The Bertz CT molecular complexity index is 1060. The number of hydrogen-bond donors (Lipinski definition) is 1. The molecule has 1 fully saturated rings. The number of carbonyl (C=O) groups excluding carboxylic acids is 1. The monoisotopic (exact) mass is 403 g/mol. The van der Waals surface area contributed by atoms with E-state index in [1.54, 1.807) is 36.3 Å². The number of benzene rings is 2. The Morgan fingerprint density at radius 2 is 2.00 bits per heavy atom. The molecule has 3 aromatic rings. The Morgan fingerprint density at radius 3 is 2.70 bits per heavy atom. The number of nitriles is 1. The van der Waals surface area contributed by atoms with Gasteiger partial charge in [-0.3, -0.25) is 0 Å². The third-order valence-corrected chi connectivity index (χ3v) is 5.16. The molecule has 30 heavy (non-hydrogen) atoms. The van der Waals surface area contributed by atoms with E-state index in [0.717, 1.165) is 24.2 Å². The van der Waals surface area contributed by atoms with Gasteiger partial charge in [-0.2, -0.15) is 10.2 Å². The SMILES string of the molecule is COc1ccc(-c2noc(C3CCN(C(=O)Nc4cccc(C#N)c4)CC3)n2)cc1. The molecule has 152 valence electrons. The fraction of sp³-hybridized carbons (Fsp3) is 0.273. The molecule has 2 amide bonds. The smallest absolute Gasteiger partial charge is 0.321 e. The summed E-state index contributed by atoms with van der Waals surface area (Å²) in [6.45, 7) is 1.18. The van der Waals surface area contributed by atoms with Gasteiger partial charge in [0.15, 0.2) is 0 Å². The molecule has 1 aliphatic rings. The maximum Gasteiger partial charge on any atom is 0.321 e. The summed E-state index contributed by atoms with van der Waals surface area (Å²) in [7, 11) is 1.62. The van der Waals surface area contributed by atoms with Crippen LogP contribution in [0.15, 0.2) is 53.1 Å². The minimum absolute atomic E-state index is 0.121. The Balaban J connectivity index is 1.34. The molecule has 0 spiro atoms. The van der Waals surface area contributed by atoms with Gasteiger partial charge in [0, 0.05) is 30.3 Å². The third kappa shape index (κ3) is 4.25. The lowest BCUT2D eigenvalue weighted by molar-refractivity contribution is 0.187. The van der Waals surface area contributed by atoms with Crippen molar-refractivity contribution >= 4 is 11.7 Å². The zero-order valence-electron chi connectivity index (χ0n) is 16.5. The van der Waals surface area contributed by atoms with Crippen LogP contribution in [0.25, 0.3) is 11.4 Å². The minimum atomic E-state index is -0.173. The first-order valence-electron chi connectivity index (χ1n) is 9.70. The minimum Gasteiger partial charge on any atom is -0.497 e. The molecule has 2 aromatic carbocycles. The van der Waals surface area contributed by atoms with E-state index in [4.69, 9.17) is 14.5 Å². The highest BCUT2D eigenvalue weighted by Crippen LogP contribution is 2.29. The van der Waals surface area contributed by atoms with Crippen LogP contribution in [-0.2, 0) is 0 Å². The van der Waals surface area contributed by atoms with E-state index in [1.807, 2.05) is 24.3 Å². The Morgan fingerprint density at radius 1 is 1.23 bits per heavy atom. The standard InChI is InChI=1S/C22H21N5O3/c1-29-19-7-5-16(6-8-19)20-25-21(30-26-20)17-9-11-27(12-10-17)22(28)24-18-4-2-3-15(13-18)14-23/h2-8,13,17H,9-12H2,1H3,(H,24,28). The van der Waals surface area contributed by atoms with Crippen LogP contribution in [0, 0.1) is 11.3 Å². The molecule has 0 aliphatic carbocycles. The van der Waals surface area contributed by atoms with Crippen LogP contribution in [0.3, 0.4) is 0 Å². The largest absolute Gasteiger partial charge is 0.497 e. The van der Waals surface area contributed by atoms with E-state index < -0.39 is 0 Å². The molecule has 0 unspecified atom stereocenters. The summed E-state index contributed by atoms with van der Waals surface area (Å²) in [6, 6.07) is 16.3. The molecule has 1 saturated heterocycles. The van der Waals surface area contributed by atoms with Crippen molar-refractivity contribution < 1.29 is 14.1 Å². The molecule has 1 aliphatic heterocycles. The highest BCUT2D eigenvalue weighted by molar-refractivity contribution is 5.89. The number of hydrogen-bond acceptors (Lipinski definition) is 6. The number of amides is 2. The normalized spacial score (nSPS) is 14.2. The number of likely N-dealkylation sites (tertiary alicyclic amines) is 1. The van der Waals surface area contributed by atoms with Crippen LogP contribution in [0.4, 0.5) is 10.5 Å². The Labute approximate surface area is 174 Å². The highest BCUT2D eigenvalue weighted by Gasteiger charge is 2.27. The topological polar surface area (TPSA) is 104 Å². The van der Waals surface area contributed by atoms with Crippen molar-refractivity contribution in [3.05, 3.63) is 60.0 Å². The second-order valence-electron chi connectivity index (χ2n) is 7.07. The summed E-state index contributed by atoms with van der Waals surface area (Å²) in [5, 5.41) is 15.9. The summed E-state index contributed by atoms with van der Waals surface area (Å²) >= 11 is 0. The number of methoxy groups -OCH3 is 1. The van der Waals surface area contributed by atoms with Gasteiger partial charge in [-0.1, -0.05) is 11.2 Å². The van der Waals surface area contributed by atoms with E-state index in [1.165, 1.54) is 0 Å². The quantitative estimate of drug-likeness (QED) is 0.705. The van der Waals surface area contributed by atoms with Crippen molar-refractivity contribution in [3.63, 3.8) is 0 Å². The van der Waals surface area contributed by atoms with Gasteiger partial charge < -0.3 is 19.5 Å². The first-order chi connectivity index (χ1) is 14.7. The molecule has 0 saturated carbocycles. The zero-order valence-corrected chi connectivity index (χ0v) is 16.5. The maximum absolute atomic E-state index is 12.5. The van der Waals surface area contributed by atoms with Gasteiger partial charge in [0.2, 0.25) is 11.7 Å². The summed E-state index contributed by atoms with van der Waals surface area (Å²) in [6.07, 6.45) is 1.49. The molecule has 0 bridgehead atoms. The number of aromatic nitrogens is 2. The second-order valence-corrected chi connectivity index (χ2v) is 7.07. The van der Waals surface area contributed by atoms with Crippen LogP contribution in [0.5, 0.6) is 5.75 Å². The Hall–Kier alpha value is -3.86. The number of nitrogens with zero attached hydrogens (tertiary/aromatic N) is 4. The van der Waals surface area contributed by atoms with E-state index in [2.05, 4.69) is 21.5 Å². The predicted octanol–water partition coefficient (Wildman–Crippen LogP) is 4.03. The van der Waals surface area contributed by atoms with Crippen LogP contribution in [0.2, 0.25) is 0 Å². The van der Waals surface area contributed by atoms with E-state index in [0.29, 0.717) is 36.1 Å². The number of urea groups is 1. The van der Waals surface area contributed by atoms with Crippen molar-refractivity contribution in [3.8, 4) is 23.2 Å². The van der Waals surface area contributed by atoms with E-state index >= 15 is 0 Å². The molecule has 0 radical (unpaired) electrons. The van der Waals surface area contributed by atoms with Crippen LogP contribution >= 0.6 is 0 Å². The van der Waals surface area contributed by atoms with Crippen LogP contribution in [-0.4, -0.2) is 41.3 Å². The summed E-state index contributed by atoms with van der Waals surface area (Å²) in [4.78, 5) is 18.8. The number of piperidine rings is 1. The number of anilines is 1. The van der Waals surface area contributed by atoms with E-state index in [9.17, 15) is 4.79 Å². The first-order valence-corrected chi connectivity index (χ1v) is 9.70. The molecule has 8 heteroatoms. The van der Waals surface area contributed by atoms with Gasteiger partial charge in [0.1, 0.15) is 5.75 Å². The van der Waals surface area contributed by atoms with E-state index in [-0.39, 0.29) is 11.9 Å². The number of rotatable bonds is 4. The molecule has 8 nitrogen and oxygen atoms in total. The van der Waals surface area contributed by atoms with Gasteiger partial charge in [-0.05, 0) is 55.3 Å². The molecule has 0 atom stereocenters. The lowest BCUT2D eigenvalue weighted by Crippen LogP contribution is -2.40. The number of carbonyl (C=O) groups is 1. The maximum atomic E-state index is 12.5. The second kappa shape index (κ2) is 8.66. The van der Waals surface area contributed by atoms with Gasteiger partial charge in [-0.15, -0.1) is 0 Å². The fourth-order valence-corrected chi connectivity index (χ4v) is 3.46. The van der Waals surface area contributed by atoms with Crippen LogP contribution in [0.1, 0.15) is 30.2 Å². The third-order valence-electron chi connectivity index (χ3n) is 5.16. The lowest BCUT2D eigenvalue weighted by Gasteiger charge is -2.30. The molecule has 2 heterocycles. The highest BCUT2D eigenvalue weighted by atomic mass is 16.5. The van der Waals surface area contributed by atoms with Crippen molar-refractivity contribution in [1.29, 1.82) is 5.26 Å². The molecule has 4 rings (SSSR count). The number of nitrogens with one attached hydrogen (secondary N) is 1. The van der Waals surface area contributed by atoms with Gasteiger partial charge in [0.05, 0.1) is 18.7 Å². The number of ether oxygens (including phenoxy) is 1. The van der Waals surface area contributed by atoms with Gasteiger partial charge in [-0.25, -0.2) is 4.79 Å². The fourth-order valence-electron chi connectivity index (χ4n) is 3.46. The summed E-state index contributed by atoms with van der Waals surface area (Å²) < 4.78 is 10.7. The van der Waals surface area contributed by atoms with Crippen molar-refractivity contribution in [1.82, 2.24) is 15.0 Å². The summed E-state index contributed by atoms with van der Waals surface area (Å²) in [5.74, 6) is 2.04. The average molecular weight is 403 g/mol. The first kappa shape index (κ1) is 19.5. The van der Waals surface area contributed by atoms with Crippen molar-refractivity contribution in [2.75, 3.05) is 25.5 Å². The molecular weight excluding hydrogens is 382 g/mol. The molecule has 1 N–H and O–H groups in total. The summed E-state index contributed by atoms with van der Waals surface area (Å²) in [5.41, 5.74) is 1.99. The van der Waals surface area contributed by atoms with Gasteiger partial charge >= 0.3 is 6.03 Å². The zero-order chi connectivity index (χ0) is 20.9. The van der Waals surface area contributed by atoms with Crippen LogP contribution < -0.4 is 10.1 Å². The van der Waals surface area contributed by atoms with Crippen molar-refractivity contribution in [2.24, 2.45) is 0 Å². The average Bonchev–Trinajstić information content (AvgIpc) is 3.29. The molecular formula is C22H21N5O3. The lowest BCUT2D eigenvalue weighted by atomic mass is 9.97. The van der Waals surface area contributed by atoms with Crippen molar-refractivity contribution in [2.45, 2.75) is 18.8 Å². The predicted molar refractivity (Wildman–Crippen MR) is 110 cm³/mol.